The second-order valence-corrected chi connectivity index (χ2v) is 5.67. The molecule has 0 unspecified atom stereocenters. The summed E-state index contributed by atoms with van der Waals surface area (Å²) in [6.07, 6.45) is 0. The van der Waals surface area contributed by atoms with Crippen molar-refractivity contribution in [2.45, 2.75) is 3.79 Å². The molecule has 0 radical (unpaired) electrons. The zero-order valence-electron chi connectivity index (χ0n) is 8.80. The minimum Gasteiger partial charge on any atom is -0.378 e. The van der Waals surface area contributed by atoms with Crippen LogP contribution in [-0.4, -0.2) is 23.8 Å². The Morgan fingerprint density at radius 1 is 1.19 bits per heavy atom. The second kappa shape index (κ2) is 5.13. The molecule has 0 aliphatic carbocycles. The number of alkyl halides is 3. The fraction of sp³-hybridized carbons (Fsp3) is 0.300. The molecule has 16 heavy (non-hydrogen) atoms. The number of anilines is 2. The van der Waals surface area contributed by atoms with Gasteiger partial charge in [0.2, 0.25) is 0 Å². The Hall–Kier alpha value is -0.640. The summed E-state index contributed by atoms with van der Waals surface area (Å²) in [5, 5.41) is 2.49. The molecule has 0 aliphatic rings. The summed E-state index contributed by atoms with van der Waals surface area (Å²) >= 11 is 16.3. The van der Waals surface area contributed by atoms with Gasteiger partial charge in [-0.1, -0.05) is 34.8 Å². The molecule has 1 aromatic carbocycles. The van der Waals surface area contributed by atoms with Crippen LogP contribution in [0.1, 0.15) is 0 Å². The maximum absolute atomic E-state index is 11.3. The van der Waals surface area contributed by atoms with Gasteiger partial charge in [0.05, 0.1) is 0 Å². The van der Waals surface area contributed by atoms with Crippen LogP contribution >= 0.6 is 34.8 Å². The van der Waals surface area contributed by atoms with Crippen LogP contribution in [0.2, 0.25) is 0 Å². The summed E-state index contributed by atoms with van der Waals surface area (Å²) < 4.78 is -1.94. The van der Waals surface area contributed by atoms with Crippen molar-refractivity contribution in [1.82, 2.24) is 0 Å². The summed E-state index contributed by atoms with van der Waals surface area (Å²) in [4.78, 5) is 13.3. The highest BCUT2D eigenvalue weighted by atomic mass is 35.6. The zero-order chi connectivity index (χ0) is 12.3. The number of amides is 1. The van der Waals surface area contributed by atoms with Gasteiger partial charge in [-0.3, -0.25) is 4.79 Å². The molecule has 1 amide bonds. The number of nitrogens with one attached hydrogen (secondary N) is 1. The van der Waals surface area contributed by atoms with Crippen LogP contribution in [-0.2, 0) is 4.79 Å². The number of benzene rings is 1. The Bertz CT molecular complexity index is 371. The van der Waals surface area contributed by atoms with E-state index in [9.17, 15) is 4.79 Å². The van der Waals surface area contributed by atoms with Gasteiger partial charge in [-0.15, -0.1) is 0 Å². The van der Waals surface area contributed by atoms with E-state index in [1.807, 2.05) is 31.1 Å². The number of hydrogen-bond donors (Lipinski definition) is 1. The van der Waals surface area contributed by atoms with E-state index >= 15 is 0 Å². The van der Waals surface area contributed by atoms with Gasteiger partial charge in [0.1, 0.15) is 0 Å². The van der Waals surface area contributed by atoms with Crippen molar-refractivity contribution in [2.75, 3.05) is 24.3 Å². The van der Waals surface area contributed by atoms with Gasteiger partial charge in [-0.2, -0.15) is 0 Å². The largest absolute Gasteiger partial charge is 0.378 e. The molecule has 0 saturated heterocycles. The van der Waals surface area contributed by atoms with Crippen LogP contribution in [0.4, 0.5) is 11.4 Å². The highest BCUT2D eigenvalue weighted by Crippen LogP contribution is 2.28. The Balaban J connectivity index is 2.73. The lowest BCUT2D eigenvalue weighted by molar-refractivity contribution is -0.115. The average Bonchev–Trinajstić information content (AvgIpc) is 2.17. The van der Waals surface area contributed by atoms with E-state index in [0.29, 0.717) is 5.69 Å². The molecular formula is C10H11Cl3N2O. The number of carbonyl (C=O) groups excluding carboxylic acids is 1. The van der Waals surface area contributed by atoms with Crippen molar-refractivity contribution in [2.24, 2.45) is 0 Å². The lowest BCUT2D eigenvalue weighted by Crippen LogP contribution is -2.26. The van der Waals surface area contributed by atoms with Gasteiger partial charge in [0.25, 0.3) is 9.70 Å². The monoisotopic (exact) mass is 280 g/mol. The molecule has 0 aliphatic heterocycles. The van der Waals surface area contributed by atoms with Crippen LogP contribution in [0.5, 0.6) is 0 Å². The van der Waals surface area contributed by atoms with Gasteiger partial charge >= 0.3 is 0 Å². The zero-order valence-corrected chi connectivity index (χ0v) is 11.1. The molecule has 0 aromatic heterocycles. The predicted molar refractivity (Wildman–Crippen MR) is 69.7 cm³/mol. The number of rotatable bonds is 2. The van der Waals surface area contributed by atoms with E-state index < -0.39 is 9.70 Å². The van der Waals surface area contributed by atoms with Crippen LogP contribution in [0.25, 0.3) is 0 Å². The van der Waals surface area contributed by atoms with Crippen molar-refractivity contribution >= 4 is 52.1 Å². The lowest BCUT2D eigenvalue weighted by atomic mass is 10.2. The summed E-state index contributed by atoms with van der Waals surface area (Å²) in [5.41, 5.74) is 1.61. The van der Waals surface area contributed by atoms with Crippen molar-refractivity contribution in [1.29, 1.82) is 0 Å². The molecule has 1 aromatic rings. The number of halogens is 3. The molecule has 0 atom stereocenters. The third-order valence-electron chi connectivity index (χ3n) is 1.90. The molecule has 0 saturated carbocycles. The highest BCUT2D eigenvalue weighted by Gasteiger charge is 2.30. The van der Waals surface area contributed by atoms with Gasteiger partial charge < -0.3 is 10.2 Å². The van der Waals surface area contributed by atoms with Crippen LogP contribution in [0.15, 0.2) is 24.3 Å². The summed E-state index contributed by atoms with van der Waals surface area (Å²) in [6, 6.07) is 7.19. The van der Waals surface area contributed by atoms with E-state index in [4.69, 9.17) is 34.8 Å². The molecule has 88 valence electrons. The van der Waals surface area contributed by atoms with E-state index in [1.54, 1.807) is 12.1 Å². The first-order valence-electron chi connectivity index (χ1n) is 4.46. The maximum Gasteiger partial charge on any atom is 0.276 e. The van der Waals surface area contributed by atoms with Gasteiger partial charge in [-0.25, -0.2) is 0 Å². The van der Waals surface area contributed by atoms with Gasteiger partial charge in [0.15, 0.2) is 0 Å². The molecule has 0 heterocycles. The highest BCUT2D eigenvalue weighted by molar-refractivity contribution is 6.76. The predicted octanol–water partition coefficient (Wildman–Crippen LogP) is 3.06. The van der Waals surface area contributed by atoms with E-state index in [1.165, 1.54) is 0 Å². The number of carbonyl (C=O) groups is 1. The fourth-order valence-corrected chi connectivity index (χ4v) is 1.19. The van der Waals surface area contributed by atoms with Crippen molar-refractivity contribution < 1.29 is 4.79 Å². The number of nitrogens with zero attached hydrogens (tertiary/aromatic N) is 1. The van der Waals surface area contributed by atoms with E-state index in [2.05, 4.69) is 5.32 Å². The summed E-state index contributed by atoms with van der Waals surface area (Å²) in [5.74, 6) is -0.671. The van der Waals surface area contributed by atoms with Crippen molar-refractivity contribution in [3.05, 3.63) is 24.3 Å². The normalized spacial score (nSPS) is 11.1. The van der Waals surface area contributed by atoms with Gasteiger partial charge in [0, 0.05) is 25.5 Å². The van der Waals surface area contributed by atoms with Crippen LogP contribution in [0.3, 0.4) is 0 Å². The Labute approximate surface area is 109 Å². The molecule has 1 N–H and O–H groups in total. The average molecular weight is 282 g/mol. The summed E-state index contributed by atoms with van der Waals surface area (Å²) in [6.45, 7) is 0. The lowest BCUT2D eigenvalue weighted by Gasteiger charge is -2.14. The van der Waals surface area contributed by atoms with Gasteiger partial charge in [-0.05, 0) is 24.3 Å². The Kier molecular flexibility index (Phi) is 4.30. The third kappa shape index (κ3) is 3.74. The minimum absolute atomic E-state index is 0.585. The quantitative estimate of drug-likeness (QED) is 0.845. The first-order chi connectivity index (χ1) is 7.30. The first kappa shape index (κ1) is 13.4. The smallest absolute Gasteiger partial charge is 0.276 e. The SMILES string of the molecule is CN(C)c1ccc(NC(=O)C(Cl)(Cl)Cl)cc1. The fourth-order valence-electron chi connectivity index (χ4n) is 1.04. The Morgan fingerprint density at radius 2 is 1.69 bits per heavy atom. The third-order valence-corrected chi connectivity index (χ3v) is 2.41. The molecule has 0 fully saturated rings. The second-order valence-electron chi connectivity index (χ2n) is 3.39. The summed E-state index contributed by atoms with van der Waals surface area (Å²) in [7, 11) is 3.85. The Morgan fingerprint density at radius 3 is 2.06 bits per heavy atom. The molecular weight excluding hydrogens is 270 g/mol. The van der Waals surface area contributed by atoms with Crippen molar-refractivity contribution in [3.8, 4) is 0 Å². The minimum atomic E-state index is -1.94. The van der Waals surface area contributed by atoms with Crippen LogP contribution in [0, 0.1) is 0 Å². The topological polar surface area (TPSA) is 32.3 Å². The molecule has 6 heteroatoms. The number of hydrogen-bond acceptors (Lipinski definition) is 2. The standard InChI is InChI=1S/C10H11Cl3N2O/c1-15(2)8-5-3-7(4-6-8)14-9(16)10(11,12)13/h3-6H,1-2H3,(H,14,16). The maximum atomic E-state index is 11.3. The van der Waals surface area contributed by atoms with E-state index in [0.717, 1.165) is 5.69 Å². The molecule has 0 spiro atoms. The first-order valence-corrected chi connectivity index (χ1v) is 5.59. The molecule has 1 rings (SSSR count). The molecule has 3 nitrogen and oxygen atoms in total. The van der Waals surface area contributed by atoms with E-state index in [-0.39, 0.29) is 0 Å². The van der Waals surface area contributed by atoms with Crippen molar-refractivity contribution in [3.63, 3.8) is 0 Å². The van der Waals surface area contributed by atoms with Crippen LogP contribution < -0.4 is 10.2 Å². The molecule has 0 bridgehead atoms.